The van der Waals surface area contributed by atoms with Gasteiger partial charge in [0.15, 0.2) is 0 Å². The van der Waals surface area contributed by atoms with E-state index >= 15 is 0 Å². The van der Waals surface area contributed by atoms with Crippen molar-refractivity contribution in [3.8, 4) is 11.5 Å². The first-order valence-corrected chi connectivity index (χ1v) is 11.6. The Labute approximate surface area is 199 Å². The molecular weight excluding hydrogens is 525 g/mol. The van der Waals surface area contributed by atoms with Gasteiger partial charge in [0, 0.05) is 17.6 Å². The average Bonchev–Trinajstić information content (AvgIpc) is 3.27. The molecule has 0 radical (unpaired) electrons. The van der Waals surface area contributed by atoms with Crippen molar-refractivity contribution in [3.05, 3.63) is 52.5 Å². The molecule has 0 saturated carbocycles. The molecule has 4 rings (SSSR count). The van der Waals surface area contributed by atoms with E-state index in [4.69, 9.17) is 9.15 Å². The van der Waals surface area contributed by atoms with E-state index in [0.29, 0.717) is 43.6 Å². The summed E-state index contributed by atoms with van der Waals surface area (Å²) in [7, 11) is 0. The highest BCUT2D eigenvalue weighted by atomic mass is 79.9. The van der Waals surface area contributed by atoms with Gasteiger partial charge in [-0.2, -0.15) is 13.2 Å². The number of alkyl halides is 3. The molecule has 0 atom stereocenters. The highest BCUT2D eigenvalue weighted by Crippen LogP contribution is 2.36. The van der Waals surface area contributed by atoms with Crippen molar-refractivity contribution in [2.45, 2.75) is 11.4 Å². The van der Waals surface area contributed by atoms with Crippen molar-refractivity contribution in [1.29, 1.82) is 0 Å². The van der Waals surface area contributed by atoms with Crippen LogP contribution in [0.25, 0.3) is 11.5 Å². The first kappa shape index (κ1) is 23.6. The van der Waals surface area contributed by atoms with Crippen molar-refractivity contribution in [1.82, 2.24) is 10.2 Å². The van der Waals surface area contributed by atoms with Gasteiger partial charge in [-0.25, -0.2) is 0 Å². The molecule has 7 nitrogen and oxygen atoms in total. The molecule has 1 aliphatic heterocycles. The highest BCUT2D eigenvalue weighted by Gasteiger charge is 2.32. The van der Waals surface area contributed by atoms with Crippen LogP contribution in [0.4, 0.5) is 24.5 Å². The second-order valence-electron chi connectivity index (χ2n) is 7.02. The van der Waals surface area contributed by atoms with Gasteiger partial charge in [-0.3, -0.25) is 4.79 Å². The van der Waals surface area contributed by atoms with Gasteiger partial charge >= 0.3 is 6.18 Å². The molecule has 0 aliphatic carbocycles. The normalized spacial score (nSPS) is 14.4. The fourth-order valence-corrected chi connectivity index (χ4v) is 4.22. The molecule has 2 heterocycles. The fraction of sp³-hybridized carbons (Fsp3) is 0.286. The van der Waals surface area contributed by atoms with Crippen molar-refractivity contribution < 1.29 is 27.1 Å². The molecule has 33 heavy (non-hydrogen) atoms. The smallest absolute Gasteiger partial charge is 0.411 e. The van der Waals surface area contributed by atoms with E-state index in [9.17, 15) is 18.0 Å². The second kappa shape index (κ2) is 10.1. The third-order valence-electron chi connectivity index (χ3n) is 4.79. The number of nitrogens with one attached hydrogen (secondary N) is 1. The summed E-state index contributed by atoms with van der Waals surface area (Å²) in [4.78, 5) is 14.3. The predicted molar refractivity (Wildman–Crippen MR) is 121 cm³/mol. The Morgan fingerprint density at radius 1 is 1.15 bits per heavy atom. The first-order valence-electron chi connectivity index (χ1n) is 9.86. The quantitative estimate of drug-likeness (QED) is 0.434. The van der Waals surface area contributed by atoms with Crippen LogP contribution in [-0.2, 0) is 15.7 Å². The van der Waals surface area contributed by atoms with Crippen LogP contribution < -0.4 is 10.2 Å². The minimum Gasteiger partial charge on any atom is -0.411 e. The van der Waals surface area contributed by atoms with E-state index in [2.05, 4.69) is 31.4 Å². The Balaban J connectivity index is 1.44. The number of thioether (sulfide) groups is 1. The predicted octanol–water partition coefficient (Wildman–Crippen LogP) is 5.09. The lowest BCUT2D eigenvalue weighted by Crippen LogP contribution is -2.37. The molecule has 2 aromatic carbocycles. The lowest BCUT2D eigenvalue weighted by molar-refractivity contribution is -0.137. The van der Waals surface area contributed by atoms with Gasteiger partial charge in [-0.15, -0.1) is 10.2 Å². The molecule has 1 aromatic heterocycles. The Kier molecular flexibility index (Phi) is 7.25. The summed E-state index contributed by atoms with van der Waals surface area (Å²) >= 11 is 4.45. The Morgan fingerprint density at radius 3 is 2.64 bits per heavy atom. The number of nitrogens with zero attached hydrogens (tertiary/aromatic N) is 3. The van der Waals surface area contributed by atoms with Crippen LogP contribution in [0.3, 0.4) is 0 Å². The monoisotopic (exact) mass is 542 g/mol. The number of hydrogen-bond donors (Lipinski definition) is 1. The number of carbonyl (C=O) groups excluding carboxylic acids is 1. The molecule has 1 saturated heterocycles. The van der Waals surface area contributed by atoms with Crippen LogP contribution in [0.2, 0.25) is 0 Å². The minimum atomic E-state index is -4.48. The molecule has 1 fully saturated rings. The van der Waals surface area contributed by atoms with Gasteiger partial charge in [-0.05, 0) is 46.3 Å². The molecule has 0 unspecified atom stereocenters. The molecule has 0 spiro atoms. The minimum absolute atomic E-state index is 0.0544. The lowest BCUT2D eigenvalue weighted by atomic mass is 10.1. The van der Waals surface area contributed by atoms with Crippen molar-refractivity contribution >= 4 is 45.0 Å². The zero-order chi connectivity index (χ0) is 23.4. The van der Waals surface area contributed by atoms with Crippen molar-refractivity contribution in [3.63, 3.8) is 0 Å². The van der Waals surface area contributed by atoms with Gasteiger partial charge in [0.05, 0.1) is 41.5 Å². The number of carbonyl (C=O) groups is 1. The number of ether oxygens (including phenoxy) is 1. The lowest BCUT2D eigenvalue weighted by Gasteiger charge is -2.31. The Hall–Kier alpha value is -2.57. The van der Waals surface area contributed by atoms with E-state index in [1.807, 2.05) is 24.3 Å². The molecule has 1 amide bonds. The Morgan fingerprint density at radius 2 is 1.91 bits per heavy atom. The number of halogens is 4. The summed E-state index contributed by atoms with van der Waals surface area (Å²) in [5.74, 6) is -0.154. The van der Waals surface area contributed by atoms with Gasteiger partial charge in [0.2, 0.25) is 11.8 Å². The van der Waals surface area contributed by atoms with Crippen molar-refractivity contribution in [2.24, 2.45) is 0 Å². The van der Waals surface area contributed by atoms with Gasteiger partial charge in [0.25, 0.3) is 5.22 Å². The zero-order valence-electron chi connectivity index (χ0n) is 17.1. The number of aromatic nitrogens is 2. The maximum Gasteiger partial charge on any atom is 0.416 e. The van der Waals surface area contributed by atoms with E-state index in [-0.39, 0.29) is 11.0 Å². The second-order valence-corrected chi connectivity index (χ2v) is 8.80. The number of amides is 1. The van der Waals surface area contributed by atoms with Gasteiger partial charge < -0.3 is 19.4 Å². The summed E-state index contributed by atoms with van der Waals surface area (Å²) in [5, 5.41) is 10.8. The third-order valence-corrected chi connectivity index (χ3v) is 6.30. The van der Waals surface area contributed by atoms with Gasteiger partial charge in [0.1, 0.15) is 0 Å². The molecule has 174 valence electrons. The fourth-order valence-electron chi connectivity index (χ4n) is 3.20. The summed E-state index contributed by atoms with van der Waals surface area (Å²) in [5.41, 5.74) is 0.554. The third kappa shape index (κ3) is 5.87. The summed E-state index contributed by atoms with van der Waals surface area (Å²) in [6, 6.07) is 10.6. The van der Waals surface area contributed by atoms with Crippen LogP contribution >= 0.6 is 27.7 Å². The van der Waals surface area contributed by atoms with E-state index in [1.54, 1.807) is 4.90 Å². The first-order chi connectivity index (χ1) is 15.8. The van der Waals surface area contributed by atoms with Crippen LogP contribution in [0.1, 0.15) is 5.56 Å². The number of anilines is 2. The summed E-state index contributed by atoms with van der Waals surface area (Å²) < 4.78 is 51.4. The highest BCUT2D eigenvalue weighted by molar-refractivity contribution is 9.10. The molecule has 0 bridgehead atoms. The van der Waals surface area contributed by atoms with Crippen LogP contribution in [0, 0.1) is 0 Å². The number of hydrogen-bond acceptors (Lipinski definition) is 7. The summed E-state index contributed by atoms with van der Waals surface area (Å²) in [6.45, 7) is 1.66. The number of benzene rings is 2. The largest absolute Gasteiger partial charge is 0.416 e. The Bertz CT molecular complexity index is 1140. The number of morpholine rings is 1. The average molecular weight is 543 g/mol. The summed E-state index contributed by atoms with van der Waals surface area (Å²) in [6.07, 6.45) is -4.48. The van der Waals surface area contributed by atoms with E-state index < -0.39 is 17.6 Å². The molecule has 1 aliphatic rings. The maximum absolute atomic E-state index is 13.2. The maximum atomic E-state index is 13.2. The van der Waals surface area contributed by atoms with E-state index in [1.165, 1.54) is 6.07 Å². The van der Waals surface area contributed by atoms with Crippen LogP contribution in [0.5, 0.6) is 0 Å². The molecular formula is C21H18BrF3N4O3S. The number of rotatable bonds is 6. The zero-order valence-corrected chi connectivity index (χ0v) is 19.5. The molecule has 1 N–H and O–H groups in total. The molecule has 3 aromatic rings. The molecule has 12 heteroatoms. The standard InChI is InChI=1S/C21H18BrF3N4O3S/c22-15-4-2-1-3-14(15)19-27-28-20(32-19)33-12-18(30)26-16-6-5-13(21(23,24)25)11-17(16)29-7-9-31-10-8-29/h1-6,11H,7-10,12H2,(H,26,30). The topological polar surface area (TPSA) is 80.5 Å². The van der Waals surface area contributed by atoms with Crippen LogP contribution in [0.15, 0.2) is 56.6 Å². The van der Waals surface area contributed by atoms with E-state index in [0.717, 1.165) is 33.9 Å². The van der Waals surface area contributed by atoms with Crippen molar-refractivity contribution in [2.75, 3.05) is 42.3 Å². The van der Waals surface area contributed by atoms with Gasteiger partial charge in [-0.1, -0.05) is 23.9 Å². The SMILES string of the molecule is O=C(CSc1nnc(-c2ccccc2Br)o1)Nc1ccc(C(F)(F)F)cc1N1CCOCC1. The van der Waals surface area contributed by atoms with Crippen LogP contribution in [-0.4, -0.2) is 48.2 Å².